The Balaban J connectivity index is 1.61. The maximum Gasteiger partial charge on any atom is 0.311 e. The van der Waals surface area contributed by atoms with Crippen LogP contribution in [0.3, 0.4) is 0 Å². The molecule has 0 unspecified atom stereocenters. The first-order chi connectivity index (χ1) is 14.0. The highest BCUT2D eigenvalue weighted by molar-refractivity contribution is 5.95. The molecule has 8 nitrogen and oxygen atoms in total. The van der Waals surface area contributed by atoms with Crippen molar-refractivity contribution in [2.45, 2.75) is 6.54 Å². The molecule has 148 valence electrons. The molecule has 2 aromatic carbocycles. The number of aromatic nitrogens is 1. The predicted molar refractivity (Wildman–Crippen MR) is 102 cm³/mol. The lowest BCUT2D eigenvalue weighted by Gasteiger charge is -2.08. The number of rotatable bonds is 7. The summed E-state index contributed by atoms with van der Waals surface area (Å²) < 4.78 is 23.3. The van der Waals surface area contributed by atoms with Crippen LogP contribution < -0.4 is 14.8 Å². The molecule has 0 saturated carbocycles. The van der Waals surface area contributed by atoms with Crippen LogP contribution in [-0.2, 0) is 6.54 Å². The fraction of sp³-hybridized carbons (Fsp3) is 0.100. The molecular weight excluding hydrogens is 381 g/mol. The summed E-state index contributed by atoms with van der Waals surface area (Å²) in [6, 6.07) is 12.8. The lowest BCUT2D eigenvalue weighted by Crippen LogP contribution is -2.23. The van der Waals surface area contributed by atoms with Gasteiger partial charge in [0.1, 0.15) is 11.6 Å². The van der Waals surface area contributed by atoms with E-state index < -0.39 is 10.8 Å². The number of nitro groups is 1. The third-order valence-electron chi connectivity index (χ3n) is 3.92. The van der Waals surface area contributed by atoms with Crippen molar-refractivity contribution >= 4 is 11.6 Å². The molecule has 3 aromatic rings. The lowest BCUT2D eigenvalue weighted by molar-refractivity contribution is -0.385. The van der Waals surface area contributed by atoms with E-state index in [1.165, 1.54) is 49.7 Å². The van der Waals surface area contributed by atoms with E-state index in [2.05, 4.69) is 10.3 Å². The third kappa shape index (κ3) is 5.04. The maximum atomic E-state index is 12.9. The Kier molecular flexibility index (Phi) is 5.98. The number of hydrogen-bond donors (Lipinski definition) is 1. The molecule has 0 bridgehead atoms. The van der Waals surface area contributed by atoms with Crippen molar-refractivity contribution < 1.29 is 23.6 Å². The Labute approximate surface area is 165 Å². The zero-order chi connectivity index (χ0) is 20.8. The Bertz CT molecular complexity index is 1020. The number of nitro benzene ring substituents is 1. The van der Waals surface area contributed by atoms with Crippen molar-refractivity contribution in [3.63, 3.8) is 0 Å². The summed E-state index contributed by atoms with van der Waals surface area (Å²) in [5.74, 6) is 0.00647. The number of ether oxygens (including phenoxy) is 2. The normalized spacial score (nSPS) is 10.3. The van der Waals surface area contributed by atoms with Crippen LogP contribution >= 0.6 is 0 Å². The van der Waals surface area contributed by atoms with Crippen LogP contribution in [0.5, 0.6) is 17.4 Å². The largest absolute Gasteiger partial charge is 0.490 e. The number of benzene rings is 2. The van der Waals surface area contributed by atoms with Crippen molar-refractivity contribution in [2.24, 2.45) is 0 Å². The zero-order valence-corrected chi connectivity index (χ0v) is 15.3. The van der Waals surface area contributed by atoms with Gasteiger partial charge in [-0.05, 0) is 42.0 Å². The summed E-state index contributed by atoms with van der Waals surface area (Å²) in [5.41, 5.74) is 0.554. The minimum absolute atomic E-state index is 0.0764. The Morgan fingerprint density at radius 2 is 1.93 bits per heavy atom. The SMILES string of the molecule is COc1ccc(C(=O)NCc2ccc(Oc3ccc(F)cc3)nc2)cc1[N+](=O)[O-]. The van der Waals surface area contributed by atoms with Gasteiger partial charge in [-0.3, -0.25) is 14.9 Å². The van der Waals surface area contributed by atoms with E-state index in [4.69, 9.17) is 9.47 Å². The van der Waals surface area contributed by atoms with Crippen LogP contribution in [0.2, 0.25) is 0 Å². The van der Waals surface area contributed by atoms with Gasteiger partial charge < -0.3 is 14.8 Å². The zero-order valence-electron chi connectivity index (χ0n) is 15.3. The highest BCUT2D eigenvalue weighted by Gasteiger charge is 2.18. The number of carbonyl (C=O) groups excluding carboxylic acids is 1. The monoisotopic (exact) mass is 397 g/mol. The van der Waals surface area contributed by atoms with Crippen molar-refractivity contribution in [1.82, 2.24) is 10.3 Å². The van der Waals surface area contributed by atoms with Crippen molar-refractivity contribution in [3.05, 3.63) is 87.9 Å². The molecule has 1 heterocycles. The first-order valence-corrected chi connectivity index (χ1v) is 8.45. The second-order valence-electron chi connectivity index (χ2n) is 5.89. The molecule has 0 spiro atoms. The minimum atomic E-state index is -0.612. The Hall–Kier alpha value is -4.01. The standard InChI is InChI=1S/C20H16FN3O5/c1-28-18-8-3-14(10-17(18)24(26)27)20(25)23-12-13-2-9-19(22-11-13)29-16-6-4-15(21)5-7-16/h2-11H,12H2,1H3,(H,23,25). The predicted octanol–water partition coefficient (Wildman–Crippen LogP) is 3.86. The summed E-state index contributed by atoms with van der Waals surface area (Å²) in [4.78, 5) is 26.9. The van der Waals surface area contributed by atoms with Gasteiger partial charge in [-0.25, -0.2) is 9.37 Å². The summed E-state index contributed by atoms with van der Waals surface area (Å²) in [7, 11) is 1.32. The van der Waals surface area contributed by atoms with Gasteiger partial charge in [0.05, 0.1) is 12.0 Å². The fourth-order valence-electron chi connectivity index (χ4n) is 2.46. The van der Waals surface area contributed by atoms with Crippen molar-refractivity contribution in [1.29, 1.82) is 0 Å². The molecule has 1 amide bonds. The van der Waals surface area contributed by atoms with Crippen LogP contribution in [0.15, 0.2) is 60.8 Å². The number of halogens is 1. The fourth-order valence-corrected chi connectivity index (χ4v) is 2.46. The van der Waals surface area contributed by atoms with E-state index in [-0.39, 0.29) is 29.4 Å². The summed E-state index contributed by atoms with van der Waals surface area (Å²) in [6.07, 6.45) is 1.52. The lowest BCUT2D eigenvalue weighted by atomic mass is 10.1. The number of amides is 1. The van der Waals surface area contributed by atoms with E-state index in [1.54, 1.807) is 12.1 Å². The first-order valence-electron chi connectivity index (χ1n) is 8.45. The average Bonchev–Trinajstić information content (AvgIpc) is 2.74. The molecule has 0 aliphatic carbocycles. The maximum absolute atomic E-state index is 12.9. The second kappa shape index (κ2) is 8.79. The van der Waals surface area contributed by atoms with Gasteiger partial charge in [0.25, 0.3) is 5.91 Å². The van der Waals surface area contributed by atoms with E-state index >= 15 is 0 Å². The highest BCUT2D eigenvalue weighted by Crippen LogP contribution is 2.27. The van der Waals surface area contributed by atoms with E-state index in [1.807, 2.05) is 0 Å². The molecule has 0 fully saturated rings. The third-order valence-corrected chi connectivity index (χ3v) is 3.92. The molecule has 9 heteroatoms. The molecule has 0 saturated heterocycles. The Morgan fingerprint density at radius 3 is 2.55 bits per heavy atom. The number of carbonyl (C=O) groups is 1. The minimum Gasteiger partial charge on any atom is -0.490 e. The molecule has 1 aromatic heterocycles. The summed E-state index contributed by atoms with van der Waals surface area (Å²) in [6.45, 7) is 0.169. The Morgan fingerprint density at radius 1 is 1.17 bits per heavy atom. The molecule has 3 rings (SSSR count). The second-order valence-corrected chi connectivity index (χ2v) is 5.89. The van der Waals surface area contributed by atoms with Gasteiger partial charge in [0, 0.05) is 30.4 Å². The van der Waals surface area contributed by atoms with Crippen molar-refractivity contribution in [2.75, 3.05) is 7.11 Å². The number of nitrogens with one attached hydrogen (secondary N) is 1. The first kappa shape index (κ1) is 19.7. The number of hydrogen-bond acceptors (Lipinski definition) is 6. The van der Waals surface area contributed by atoms with Crippen molar-refractivity contribution in [3.8, 4) is 17.4 Å². The van der Waals surface area contributed by atoms with E-state index in [0.29, 0.717) is 17.2 Å². The van der Waals surface area contributed by atoms with E-state index in [9.17, 15) is 19.3 Å². The average molecular weight is 397 g/mol. The van der Waals surface area contributed by atoms with E-state index in [0.717, 1.165) is 6.07 Å². The molecule has 0 radical (unpaired) electrons. The van der Waals surface area contributed by atoms with Crippen LogP contribution in [0.4, 0.5) is 10.1 Å². The van der Waals surface area contributed by atoms with Gasteiger partial charge in [-0.2, -0.15) is 0 Å². The summed E-state index contributed by atoms with van der Waals surface area (Å²) >= 11 is 0. The van der Waals surface area contributed by atoms with Crippen LogP contribution in [-0.4, -0.2) is 22.9 Å². The van der Waals surface area contributed by atoms with Crippen LogP contribution in [0.1, 0.15) is 15.9 Å². The van der Waals surface area contributed by atoms with Gasteiger partial charge >= 0.3 is 5.69 Å². The van der Waals surface area contributed by atoms with Crippen LogP contribution in [0, 0.1) is 15.9 Å². The number of methoxy groups -OCH3 is 1. The number of pyridine rings is 1. The molecule has 29 heavy (non-hydrogen) atoms. The molecule has 0 aliphatic heterocycles. The van der Waals surface area contributed by atoms with Gasteiger partial charge in [-0.1, -0.05) is 6.07 Å². The molecule has 0 atom stereocenters. The highest BCUT2D eigenvalue weighted by atomic mass is 19.1. The summed E-state index contributed by atoms with van der Waals surface area (Å²) in [5, 5.41) is 13.7. The molecule has 1 N–H and O–H groups in total. The smallest absolute Gasteiger partial charge is 0.311 e. The molecular formula is C20H16FN3O5. The molecule has 0 aliphatic rings. The topological polar surface area (TPSA) is 104 Å². The van der Waals surface area contributed by atoms with Gasteiger partial charge in [0.2, 0.25) is 5.88 Å². The quantitative estimate of drug-likeness (QED) is 0.480. The van der Waals surface area contributed by atoms with Gasteiger partial charge in [-0.15, -0.1) is 0 Å². The number of nitrogens with zero attached hydrogens (tertiary/aromatic N) is 2. The van der Waals surface area contributed by atoms with Gasteiger partial charge in [0.15, 0.2) is 5.75 Å². The van der Waals surface area contributed by atoms with Crippen LogP contribution in [0.25, 0.3) is 0 Å².